The maximum Gasteiger partial charge on any atom is 0.251 e. The number of nitrogens with one attached hydrogen (secondary N) is 2. The minimum absolute atomic E-state index is 0.0220. The third-order valence-corrected chi connectivity index (χ3v) is 3.02. The van der Waals surface area contributed by atoms with Crippen molar-refractivity contribution < 1.29 is 9.53 Å². The van der Waals surface area contributed by atoms with E-state index in [4.69, 9.17) is 4.74 Å². The highest BCUT2D eigenvalue weighted by molar-refractivity contribution is 5.95. The SMILES string of the molecule is CNc1ccc(C(=O)NC2CCOC2)cc1C. The van der Waals surface area contributed by atoms with E-state index in [-0.39, 0.29) is 11.9 Å². The Bertz CT molecular complexity index is 412. The standard InChI is InChI=1S/C13H18N2O2/c1-9-7-10(3-4-12(9)14-2)13(16)15-11-5-6-17-8-11/h3-4,7,11,14H,5-6,8H2,1-2H3,(H,15,16). The van der Waals surface area contributed by atoms with Crippen molar-refractivity contribution in [3.8, 4) is 0 Å². The zero-order valence-corrected chi connectivity index (χ0v) is 10.2. The fourth-order valence-electron chi connectivity index (χ4n) is 2.00. The molecule has 1 atom stereocenters. The Kier molecular flexibility index (Phi) is 3.64. The number of hydrogen-bond acceptors (Lipinski definition) is 3. The van der Waals surface area contributed by atoms with E-state index in [9.17, 15) is 4.79 Å². The molecule has 1 saturated heterocycles. The van der Waals surface area contributed by atoms with Crippen molar-refractivity contribution in [2.24, 2.45) is 0 Å². The highest BCUT2D eigenvalue weighted by Gasteiger charge is 2.18. The molecule has 1 aliphatic rings. The summed E-state index contributed by atoms with van der Waals surface area (Å²) in [5.41, 5.74) is 2.82. The lowest BCUT2D eigenvalue weighted by Gasteiger charge is -2.12. The van der Waals surface area contributed by atoms with Crippen LogP contribution in [0.4, 0.5) is 5.69 Å². The molecule has 0 bridgehead atoms. The Balaban J connectivity index is 2.05. The fourth-order valence-corrected chi connectivity index (χ4v) is 2.00. The van der Waals surface area contributed by atoms with E-state index in [2.05, 4.69) is 10.6 Å². The molecule has 1 fully saturated rings. The van der Waals surface area contributed by atoms with E-state index in [1.807, 2.05) is 32.2 Å². The Morgan fingerprint density at radius 1 is 1.47 bits per heavy atom. The van der Waals surface area contributed by atoms with Gasteiger partial charge in [0.25, 0.3) is 5.91 Å². The van der Waals surface area contributed by atoms with Crippen LogP contribution in [0.2, 0.25) is 0 Å². The van der Waals surface area contributed by atoms with Gasteiger partial charge in [0.15, 0.2) is 0 Å². The first kappa shape index (κ1) is 11.9. The Hall–Kier alpha value is -1.55. The van der Waals surface area contributed by atoms with Gasteiger partial charge in [0.05, 0.1) is 12.6 Å². The lowest BCUT2D eigenvalue weighted by Crippen LogP contribution is -2.35. The summed E-state index contributed by atoms with van der Waals surface area (Å²) < 4.78 is 5.23. The molecule has 1 amide bonds. The normalized spacial score (nSPS) is 19.1. The van der Waals surface area contributed by atoms with Crippen LogP contribution in [0.1, 0.15) is 22.3 Å². The maximum atomic E-state index is 12.0. The number of hydrogen-bond donors (Lipinski definition) is 2. The van der Waals surface area contributed by atoms with Gasteiger partial charge in [-0.2, -0.15) is 0 Å². The van der Waals surface area contributed by atoms with Crippen LogP contribution in [-0.2, 0) is 4.74 Å². The zero-order valence-electron chi connectivity index (χ0n) is 10.2. The summed E-state index contributed by atoms with van der Waals surface area (Å²) in [6.07, 6.45) is 0.902. The lowest BCUT2D eigenvalue weighted by atomic mass is 10.1. The Labute approximate surface area is 101 Å². The second-order valence-corrected chi connectivity index (χ2v) is 4.31. The molecule has 0 saturated carbocycles. The minimum atomic E-state index is -0.0220. The predicted octanol–water partition coefficient (Wildman–Crippen LogP) is 1.56. The van der Waals surface area contributed by atoms with Crippen molar-refractivity contribution in [2.45, 2.75) is 19.4 Å². The molecule has 4 nitrogen and oxygen atoms in total. The monoisotopic (exact) mass is 234 g/mol. The molecule has 0 aromatic heterocycles. The molecule has 0 aliphatic carbocycles. The summed E-state index contributed by atoms with van der Waals surface area (Å²) in [4.78, 5) is 12.0. The molecular formula is C13H18N2O2. The number of benzene rings is 1. The molecule has 17 heavy (non-hydrogen) atoms. The van der Waals surface area contributed by atoms with Gasteiger partial charge in [-0.3, -0.25) is 4.79 Å². The van der Waals surface area contributed by atoms with Crippen LogP contribution < -0.4 is 10.6 Å². The molecule has 1 unspecified atom stereocenters. The molecule has 1 heterocycles. The molecule has 92 valence electrons. The zero-order chi connectivity index (χ0) is 12.3. The summed E-state index contributed by atoms with van der Waals surface area (Å²) in [6.45, 7) is 3.35. The summed E-state index contributed by atoms with van der Waals surface area (Å²) >= 11 is 0. The Morgan fingerprint density at radius 2 is 2.29 bits per heavy atom. The van der Waals surface area contributed by atoms with Crippen LogP contribution in [0.15, 0.2) is 18.2 Å². The molecule has 1 aromatic carbocycles. The van der Waals surface area contributed by atoms with Crippen molar-refractivity contribution in [3.63, 3.8) is 0 Å². The molecule has 4 heteroatoms. The second-order valence-electron chi connectivity index (χ2n) is 4.31. The first-order valence-corrected chi connectivity index (χ1v) is 5.87. The van der Waals surface area contributed by atoms with Gasteiger partial charge < -0.3 is 15.4 Å². The van der Waals surface area contributed by atoms with Crippen LogP contribution >= 0.6 is 0 Å². The number of ether oxygens (including phenoxy) is 1. The van der Waals surface area contributed by atoms with E-state index in [1.54, 1.807) is 0 Å². The number of rotatable bonds is 3. The second kappa shape index (κ2) is 5.19. The average molecular weight is 234 g/mol. The fraction of sp³-hybridized carbons (Fsp3) is 0.462. The molecule has 0 radical (unpaired) electrons. The topological polar surface area (TPSA) is 50.4 Å². The van der Waals surface area contributed by atoms with Crippen LogP contribution in [0.25, 0.3) is 0 Å². The van der Waals surface area contributed by atoms with E-state index in [1.165, 1.54) is 0 Å². The summed E-state index contributed by atoms with van der Waals surface area (Å²) in [7, 11) is 1.87. The number of anilines is 1. The first-order valence-electron chi connectivity index (χ1n) is 5.87. The van der Waals surface area contributed by atoms with E-state index in [0.29, 0.717) is 12.2 Å². The van der Waals surface area contributed by atoms with Crippen LogP contribution in [0, 0.1) is 6.92 Å². The summed E-state index contributed by atoms with van der Waals surface area (Å²) in [5, 5.41) is 6.06. The molecule has 0 spiro atoms. The van der Waals surface area contributed by atoms with E-state index >= 15 is 0 Å². The first-order chi connectivity index (χ1) is 8.20. The van der Waals surface area contributed by atoms with Crippen molar-refractivity contribution in [1.82, 2.24) is 5.32 Å². The van der Waals surface area contributed by atoms with Gasteiger partial charge in [-0.05, 0) is 37.1 Å². The molecule has 1 aliphatic heterocycles. The van der Waals surface area contributed by atoms with Gasteiger partial charge in [-0.15, -0.1) is 0 Å². The number of amides is 1. The summed E-state index contributed by atoms with van der Waals surface area (Å²) in [5.74, 6) is -0.0220. The van der Waals surface area contributed by atoms with Crippen molar-refractivity contribution >= 4 is 11.6 Å². The quantitative estimate of drug-likeness (QED) is 0.834. The highest BCUT2D eigenvalue weighted by atomic mass is 16.5. The number of carbonyl (C=O) groups is 1. The van der Waals surface area contributed by atoms with E-state index < -0.39 is 0 Å². The average Bonchev–Trinajstić information content (AvgIpc) is 2.81. The van der Waals surface area contributed by atoms with E-state index in [0.717, 1.165) is 24.3 Å². The Morgan fingerprint density at radius 3 is 2.88 bits per heavy atom. The van der Waals surface area contributed by atoms with Crippen LogP contribution in [-0.4, -0.2) is 32.2 Å². The number of carbonyl (C=O) groups excluding carboxylic acids is 1. The van der Waals surface area contributed by atoms with Crippen molar-refractivity contribution in [1.29, 1.82) is 0 Å². The summed E-state index contributed by atoms with van der Waals surface area (Å²) in [6, 6.07) is 5.82. The maximum absolute atomic E-state index is 12.0. The number of aryl methyl sites for hydroxylation is 1. The largest absolute Gasteiger partial charge is 0.388 e. The van der Waals surface area contributed by atoms with Gasteiger partial charge in [-0.1, -0.05) is 0 Å². The van der Waals surface area contributed by atoms with Gasteiger partial charge in [0, 0.05) is 24.9 Å². The third kappa shape index (κ3) is 2.77. The van der Waals surface area contributed by atoms with Crippen molar-refractivity contribution in [2.75, 3.05) is 25.6 Å². The highest BCUT2D eigenvalue weighted by Crippen LogP contribution is 2.16. The van der Waals surface area contributed by atoms with Gasteiger partial charge in [0.1, 0.15) is 0 Å². The molecule has 1 aromatic rings. The minimum Gasteiger partial charge on any atom is -0.388 e. The third-order valence-electron chi connectivity index (χ3n) is 3.02. The van der Waals surface area contributed by atoms with Gasteiger partial charge >= 0.3 is 0 Å². The van der Waals surface area contributed by atoms with Gasteiger partial charge in [-0.25, -0.2) is 0 Å². The van der Waals surface area contributed by atoms with Crippen LogP contribution in [0.5, 0.6) is 0 Å². The molecule has 2 N–H and O–H groups in total. The molecular weight excluding hydrogens is 216 g/mol. The smallest absolute Gasteiger partial charge is 0.251 e. The molecule has 2 rings (SSSR count). The van der Waals surface area contributed by atoms with Gasteiger partial charge in [0.2, 0.25) is 0 Å². The lowest BCUT2D eigenvalue weighted by molar-refractivity contribution is 0.0930. The predicted molar refractivity (Wildman–Crippen MR) is 67.4 cm³/mol. The van der Waals surface area contributed by atoms with Crippen LogP contribution in [0.3, 0.4) is 0 Å². The van der Waals surface area contributed by atoms with Crippen molar-refractivity contribution in [3.05, 3.63) is 29.3 Å².